The Balaban J connectivity index is 1.66. The molecule has 0 unspecified atom stereocenters. The van der Waals surface area contributed by atoms with Crippen LogP contribution in [0.5, 0.6) is 0 Å². The van der Waals surface area contributed by atoms with E-state index in [9.17, 15) is 4.79 Å². The van der Waals surface area contributed by atoms with Crippen molar-refractivity contribution in [2.45, 2.75) is 51.6 Å². The van der Waals surface area contributed by atoms with Crippen molar-refractivity contribution in [2.24, 2.45) is 0 Å². The third-order valence-corrected chi connectivity index (χ3v) is 5.65. The van der Waals surface area contributed by atoms with Gasteiger partial charge in [-0.25, -0.2) is 0 Å². The highest BCUT2D eigenvalue weighted by molar-refractivity contribution is 6.06. The first-order valence-electron chi connectivity index (χ1n) is 9.58. The third-order valence-electron chi connectivity index (χ3n) is 5.65. The highest BCUT2D eigenvalue weighted by atomic mass is 16.2. The molecular weight excluding hydrogens is 310 g/mol. The number of benzene rings is 1. The van der Waals surface area contributed by atoms with E-state index in [1.807, 2.05) is 37.3 Å². The second-order valence-electron chi connectivity index (χ2n) is 7.44. The maximum atomic E-state index is 13.5. The fourth-order valence-corrected chi connectivity index (χ4v) is 4.12. The molecule has 4 nitrogen and oxygen atoms in total. The van der Waals surface area contributed by atoms with Crippen LogP contribution in [0.15, 0.2) is 30.3 Å². The van der Waals surface area contributed by atoms with Gasteiger partial charge in [-0.3, -0.25) is 9.78 Å². The van der Waals surface area contributed by atoms with Gasteiger partial charge in [0.1, 0.15) is 0 Å². The molecule has 1 saturated heterocycles. The van der Waals surface area contributed by atoms with Gasteiger partial charge in [-0.15, -0.1) is 0 Å². The molecular formula is C21H27N3O. The van der Waals surface area contributed by atoms with E-state index in [-0.39, 0.29) is 5.91 Å². The number of rotatable bonds is 4. The first-order valence-corrected chi connectivity index (χ1v) is 9.58. The number of hydrogen-bond acceptors (Lipinski definition) is 3. The molecule has 1 aromatic heterocycles. The van der Waals surface area contributed by atoms with Crippen LogP contribution in [0.2, 0.25) is 0 Å². The summed E-state index contributed by atoms with van der Waals surface area (Å²) in [5.41, 5.74) is 2.66. The SMILES string of the molecule is CCN1CCC(N(C(=O)c2cc(C)nc3ccccc23)C2CC2)CC1. The Morgan fingerprint density at radius 1 is 1.16 bits per heavy atom. The van der Waals surface area contributed by atoms with Gasteiger partial charge in [-0.05, 0) is 51.3 Å². The number of para-hydroxylation sites is 1. The minimum Gasteiger partial charge on any atom is -0.333 e. The predicted molar refractivity (Wildman–Crippen MR) is 101 cm³/mol. The van der Waals surface area contributed by atoms with Crippen molar-refractivity contribution in [3.63, 3.8) is 0 Å². The Kier molecular flexibility index (Phi) is 4.46. The van der Waals surface area contributed by atoms with E-state index in [2.05, 4.69) is 21.7 Å². The Labute approximate surface area is 149 Å². The van der Waals surface area contributed by atoms with Gasteiger partial charge in [-0.2, -0.15) is 0 Å². The zero-order valence-electron chi connectivity index (χ0n) is 15.2. The molecule has 2 heterocycles. The molecule has 4 heteroatoms. The minimum atomic E-state index is 0.208. The van der Waals surface area contributed by atoms with E-state index in [1.165, 1.54) is 0 Å². The molecule has 0 bridgehead atoms. The summed E-state index contributed by atoms with van der Waals surface area (Å²) in [7, 11) is 0. The summed E-state index contributed by atoms with van der Waals surface area (Å²) in [4.78, 5) is 22.8. The summed E-state index contributed by atoms with van der Waals surface area (Å²) in [5.74, 6) is 0.208. The number of likely N-dealkylation sites (tertiary alicyclic amines) is 1. The zero-order valence-corrected chi connectivity index (χ0v) is 15.2. The second kappa shape index (κ2) is 6.75. The van der Waals surface area contributed by atoms with E-state index in [1.54, 1.807) is 0 Å². The molecule has 1 saturated carbocycles. The first kappa shape index (κ1) is 16.5. The number of amides is 1. The molecule has 0 spiro atoms. The Bertz CT molecular complexity index is 776. The molecule has 1 aliphatic heterocycles. The van der Waals surface area contributed by atoms with Crippen molar-refractivity contribution >= 4 is 16.8 Å². The largest absolute Gasteiger partial charge is 0.333 e. The van der Waals surface area contributed by atoms with Gasteiger partial charge in [0.2, 0.25) is 0 Å². The summed E-state index contributed by atoms with van der Waals surface area (Å²) in [6.45, 7) is 7.51. The molecule has 2 fully saturated rings. The number of carbonyl (C=O) groups excluding carboxylic acids is 1. The van der Waals surface area contributed by atoms with Crippen LogP contribution in [-0.4, -0.2) is 52.4 Å². The smallest absolute Gasteiger partial charge is 0.255 e. The lowest BCUT2D eigenvalue weighted by atomic mass is 10.00. The molecule has 1 aliphatic carbocycles. The van der Waals surface area contributed by atoms with Gasteiger partial charge in [0.05, 0.1) is 11.1 Å². The van der Waals surface area contributed by atoms with E-state index in [4.69, 9.17) is 0 Å². The van der Waals surface area contributed by atoms with Gasteiger partial charge in [0.15, 0.2) is 0 Å². The molecule has 1 amide bonds. The van der Waals surface area contributed by atoms with Crippen LogP contribution in [0.3, 0.4) is 0 Å². The monoisotopic (exact) mass is 337 g/mol. The summed E-state index contributed by atoms with van der Waals surface area (Å²) < 4.78 is 0. The van der Waals surface area contributed by atoms with Crippen molar-refractivity contribution in [1.82, 2.24) is 14.8 Å². The molecule has 0 atom stereocenters. The van der Waals surface area contributed by atoms with Crippen molar-refractivity contribution in [1.29, 1.82) is 0 Å². The van der Waals surface area contributed by atoms with Crippen LogP contribution in [0, 0.1) is 6.92 Å². The lowest BCUT2D eigenvalue weighted by Gasteiger charge is -2.38. The molecule has 132 valence electrons. The number of carbonyl (C=O) groups is 1. The highest BCUT2D eigenvalue weighted by Gasteiger charge is 2.39. The van der Waals surface area contributed by atoms with Crippen LogP contribution in [0.25, 0.3) is 10.9 Å². The van der Waals surface area contributed by atoms with Gasteiger partial charge < -0.3 is 9.80 Å². The lowest BCUT2D eigenvalue weighted by molar-refractivity contribution is 0.0556. The molecule has 0 radical (unpaired) electrons. The first-order chi connectivity index (χ1) is 12.2. The van der Waals surface area contributed by atoms with Crippen molar-refractivity contribution in [3.05, 3.63) is 41.6 Å². The normalized spacial score (nSPS) is 19.3. The number of aromatic nitrogens is 1. The Hall–Kier alpha value is -1.94. The second-order valence-corrected chi connectivity index (χ2v) is 7.44. The standard InChI is InChI=1S/C21H27N3O/c1-3-23-12-10-17(11-13-23)24(16-8-9-16)21(25)19-14-15(2)22-20-7-5-4-6-18(19)20/h4-7,14,16-17H,3,8-13H2,1-2H3. The quantitative estimate of drug-likeness (QED) is 0.855. The molecule has 0 N–H and O–H groups in total. The number of piperidine rings is 1. The van der Waals surface area contributed by atoms with Crippen molar-refractivity contribution < 1.29 is 4.79 Å². The fraction of sp³-hybridized carbons (Fsp3) is 0.524. The van der Waals surface area contributed by atoms with Crippen LogP contribution in [0.4, 0.5) is 0 Å². The van der Waals surface area contributed by atoms with Crippen molar-refractivity contribution in [3.8, 4) is 0 Å². The number of fused-ring (bicyclic) bond motifs is 1. The molecule has 25 heavy (non-hydrogen) atoms. The van der Waals surface area contributed by atoms with E-state index < -0.39 is 0 Å². The third kappa shape index (κ3) is 3.28. The van der Waals surface area contributed by atoms with Crippen LogP contribution < -0.4 is 0 Å². The van der Waals surface area contributed by atoms with Gasteiger partial charge in [0.25, 0.3) is 5.91 Å². The number of nitrogens with zero attached hydrogens (tertiary/aromatic N) is 3. The molecule has 2 aliphatic rings. The van der Waals surface area contributed by atoms with Crippen LogP contribution in [0.1, 0.15) is 48.7 Å². The Morgan fingerprint density at radius 2 is 1.84 bits per heavy atom. The Morgan fingerprint density at radius 3 is 2.52 bits per heavy atom. The van der Waals surface area contributed by atoms with Crippen molar-refractivity contribution in [2.75, 3.05) is 19.6 Å². The van der Waals surface area contributed by atoms with E-state index in [0.29, 0.717) is 12.1 Å². The molecule has 2 aromatic rings. The van der Waals surface area contributed by atoms with E-state index >= 15 is 0 Å². The van der Waals surface area contributed by atoms with E-state index in [0.717, 1.165) is 67.5 Å². The topological polar surface area (TPSA) is 36.4 Å². The minimum absolute atomic E-state index is 0.208. The van der Waals surface area contributed by atoms with Gasteiger partial charge in [0, 0.05) is 36.3 Å². The number of pyridine rings is 1. The zero-order chi connectivity index (χ0) is 17.4. The lowest BCUT2D eigenvalue weighted by Crippen LogP contribution is -2.48. The number of hydrogen-bond donors (Lipinski definition) is 0. The highest BCUT2D eigenvalue weighted by Crippen LogP contribution is 2.34. The summed E-state index contributed by atoms with van der Waals surface area (Å²) >= 11 is 0. The fourth-order valence-electron chi connectivity index (χ4n) is 4.12. The van der Waals surface area contributed by atoms with Gasteiger partial charge >= 0.3 is 0 Å². The summed E-state index contributed by atoms with van der Waals surface area (Å²) in [6, 6.07) is 10.8. The molecule has 4 rings (SSSR count). The van der Waals surface area contributed by atoms with Crippen LogP contribution >= 0.6 is 0 Å². The molecule has 1 aromatic carbocycles. The average Bonchev–Trinajstić information content (AvgIpc) is 3.46. The number of aryl methyl sites for hydroxylation is 1. The summed E-state index contributed by atoms with van der Waals surface area (Å²) in [5, 5.41) is 0.981. The van der Waals surface area contributed by atoms with Gasteiger partial charge in [-0.1, -0.05) is 25.1 Å². The van der Waals surface area contributed by atoms with Crippen LogP contribution in [-0.2, 0) is 0 Å². The predicted octanol–water partition coefficient (Wildman–Crippen LogP) is 3.63. The maximum absolute atomic E-state index is 13.5. The average molecular weight is 337 g/mol. The maximum Gasteiger partial charge on any atom is 0.255 e. The summed E-state index contributed by atoms with van der Waals surface area (Å²) in [6.07, 6.45) is 4.50.